The van der Waals surface area contributed by atoms with Crippen LogP contribution >= 0.6 is 11.3 Å². The summed E-state index contributed by atoms with van der Waals surface area (Å²) in [4.78, 5) is 30.5. The monoisotopic (exact) mass is 497 g/mol. The Morgan fingerprint density at radius 3 is 2.59 bits per heavy atom. The smallest absolute Gasteiger partial charge is 0.338 e. The Morgan fingerprint density at radius 1 is 1.06 bits per heavy atom. The average molecular weight is 498 g/mol. The van der Waals surface area contributed by atoms with Crippen LogP contribution in [0.1, 0.15) is 30.5 Å². The molecule has 4 rings (SSSR count). The molecule has 0 aliphatic carbocycles. The van der Waals surface area contributed by atoms with Crippen molar-refractivity contribution >= 4 is 44.1 Å². The number of nitrogens with zero attached hydrogens (tertiary/aromatic N) is 2. The number of carbonyl (C=O) groups excluding carboxylic acids is 2. The molecule has 0 saturated heterocycles. The lowest BCUT2D eigenvalue weighted by molar-refractivity contribution is 0.0476. The Kier molecular flexibility index (Phi) is 7.20. The first-order valence-electron chi connectivity index (χ1n) is 10.5. The summed E-state index contributed by atoms with van der Waals surface area (Å²) >= 11 is 1.26. The molecule has 0 amide bonds. The Morgan fingerprint density at radius 2 is 1.82 bits per heavy atom. The fraction of sp³-hybridized carbons (Fsp3) is 0.208. The number of thiophene rings is 1. The number of benzene rings is 2. The molecule has 1 N–H and O–H groups in total. The predicted molar refractivity (Wildman–Crippen MR) is 131 cm³/mol. The van der Waals surface area contributed by atoms with Crippen molar-refractivity contribution in [2.75, 3.05) is 19.4 Å². The number of aromatic nitrogens is 2. The largest absolute Gasteiger partial charge is 0.454 e. The van der Waals surface area contributed by atoms with Gasteiger partial charge in [-0.1, -0.05) is 24.3 Å². The summed E-state index contributed by atoms with van der Waals surface area (Å²) in [5, 5.41) is 0. The second-order valence-corrected chi connectivity index (χ2v) is 10.7. The van der Waals surface area contributed by atoms with Crippen LogP contribution in [-0.4, -0.2) is 49.1 Å². The number of fused-ring (bicyclic) bond motifs is 1. The van der Waals surface area contributed by atoms with Crippen molar-refractivity contribution in [3.63, 3.8) is 0 Å². The lowest BCUT2D eigenvalue weighted by atomic mass is 10.1. The lowest BCUT2D eigenvalue weighted by Gasteiger charge is -2.07. The average Bonchev–Trinajstić information content (AvgIpc) is 3.45. The summed E-state index contributed by atoms with van der Waals surface area (Å²) < 4.78 is 31.9. The zero-order valence-electron chi connectivity index (χ0n) is 18.4. The van der Waals surface area contributed by atoms with Gasteiger partial charge in [0.25, 0.3) is 0 Å². The lowest BCUT2D eigenvalue weighted by Crippen LogP contribution is -2.24. The van der Waals surface area contributed by atoms with Gasteiger partial charge in [0.05, 0.1) is 34.1 Å². The van der Waals surface area contributed by atoms with Crippen LogP contribution in [0.4, 0.5) is 0 Å². The molecule has 2 aromatic carbocycles. The van der Waals surface area contributed by atoms with E-state index in [0.717, 1.165) is 27.7 Å². The van der Waals surface area contributed by atoms with Crippen LogP contribution < -0.4 is 4.72 Å². The van der Waals surface area contributed by atoms with E-state index < -0.39 is 16.0 Å². The molecule has 0 aliphatic rings. The molecule has 176 valence electrons. The number of sulfonamides is 1. The third-order valence-electron chi connectivity index (χ3n) is 5.08. The highest BCUT2D eigenvalue weighted by Crippen LogP contribution is 2.18. The maximum atomic E-state index is 12.4. The zero-order chi connectivity index (χ0) is 24.1. The summed E-state index contributed by atoms with van der Waals surface area (Å²) in [6.45, 7) is 0.521. The number of para-hydroxylation sites is 2. The quantitative estimate of drug-likeness (QED) is 0.266. The summed E-state index contributed by atoms with van der Waals surface area (Å²) in [5.41, 5.74) is 3.33. The molecule has 4 aromatic rings. The van der Waals surface area contributed by atoms with Gasteiger partial charge in [0.1, 0.15) is 0 Å². The minimum atomic E-state index is -3.25. The topological polar surface area (TPSA) is 107 Å². The first-order valence-corrected chi connectivity index (χ1v) is 13.2. The van der Waals surface area contributed by atoms with E-state index in [0.29, 0.717) is 23.4 Å². The molecular weight excluding hydrogens is 474 g/mol. The molecule has 0 saturated carbocycles. The van der Waals surface area contributed by atoms with Gasteiger partial charge in [-0.3, -0.25) is 4.79 Å². The molecular formula is C24H23N3O5S2. The molecule has 2 heterocycles. The Hall–Kier alpha value is -3.34. The van der Waals surface area contributed by atoms with Crippen LogP contribution in [0.3, 0.4) is 0 Å². The normalized spacial score (nSPS) is 11.6. The van der Waals surface area contributed by atoms with Gasteiger partial charge >= 0.3 is 5.97 Å². The van der Waals surface area contributed by atoms with E-state index in [4.69, 9.17) is 4.74 Å². The molecule has 10 heteroatoms. The summed E-state index contributed by atoms with van der Waals surface area (Å²) in [5.74, 6) is -0.869. The van der Waals surface area contributed by atoms with Crippen molar-refractivity contribution < 1.29 is 22.7 Å². The third kappa shape index (κ3) is 6.16. The van der Waals surface area contributed by atoms with Crippen molar-refractivity contribution in [3.8, 4) is 0 Å². The van der Waals surface area contributed by atoms with Gasteiger partial charge in [0.15, 0.2) is 6.61 Å². The highest BCUT2D eigenvalue weighted by Gasteiger charge is 2.14. The van der Waals surface area contributed by atoms with E-state index in [1.165, 1.54) is 11.3 Å². The summed E-state index contributed by atoms with van der Waals surface area (Å²) in [6.07, 6.45) is 3.36. The van der Waals surface area contributed by atoms with Crippen molar-refractivity contribution in [2.24, 2.45) is 0 Å². The van der Waals surface area contributed by atoms with E-state index in [1.807, 2.05) is 41.0 Å². The van der Waals surface area contributed by atoms with Gasteiger partial charge < -0.3 is 9.30 Å². The van der Waals surface area contributed by atoms with Crippen molar-refractivity contribution in [3.05, 3.63) is 87.9 Å². The molecule has 0 atom stereocenters. The maximum absolute atomic E-state index is 12.4. The highest BCUT2D eigenvalue weighted by molar-refractivity contribution is 7.88. The number of hydrogen-bond acceptors (Lipinski definition) is 7. The Labute approximate surface area is 201 Å². The predicted octanol–water partition coefficient (Wildman–Crippen LogP) is 3.28. The second-order valence-electron chi connectivity index (χ2n) is 7.74. The van der Waals surface area contributed by atoms with Gasteiger partial charge in [-0.2, -0.15) is 0 Å². The molecule has 8 nitrogen and oxygen atoms in total. The zero-order valence-corrected chi connectivity index (χ0v) is 20.1. The van der Waals surface area contributed by atoms with Gasteiger partial charge in [-0.05, 0) is 48.4 Å². The van der Waals surface area contributed by atoms with Crippen LogP contribution in [0.2, 0.25) is 0 Å². The standard InChI is InChI=1S/C24H23N3O5S2/c1-34(30,31)26-13-12-19-10-11-23(33-19)22(28)15-32-24(29)18-8-6-17(7-9-18)14-27-16-25-20-4-2-3-5-21(20)27/h2-11,16,26H,12-15H2,1H3. The van der Waals surface area contributed by atoms with Gasteiger partial charge in [-0.25, -0.2) is 22.9 Å². The molecule has 2 aromatic heterocycles. The fourth-order valence-electron chi connectivity index (χ4n) is 3.39. The molecule has 0 fully saturated rings. The Bertz CT molecular complexity index is 1420. The minimum Gasteiger partial charge on any atom is -0.454 e. The van der Waals surface area contributed by atoms with Crippen LogP contribution in [-0.2, 0) is 27.7 Å². The number of ketones is 1. The fourth-order valence-corrected chi connectivity index (χ4v) is 4.79. The number of ether oxygens (including phenoxy) is 1. The van der Waals surface area contributed by atoms with Gasteiger partial charge in [-0.15, -0.1) is 11.3 Å². The number of nitrogens with one attached hydrogen (secondary N) is 1. The minimum absolute atomic E-state index is 0.259. The number of Topliss-reactive ketones (excluding diaryl/α,β-unsaturated/α-hetero) is 1. The Balaban J connectivity index is 1.29. The highest BCUT2D eigenvalue weighted by atomic mass is 32.2. The van der Waals surface area contributed by atoms with Crippen molar-refractivity contribution in [1.82, 2.24) is 14.3 Å². The third-order valence-corrected chi connectivity index (χ3v) is 6.99. The molecule has 0 radical (unpaired) electrons. The number of rotatable bonds is 10. The molecule has 34 heavy (non-hydrogen) atoms. The van der Waals surface area contributed by atoms with E-state index >= 15 is 0 Å². The van der Waals surface area contributed by atoms with Crippen molar-refractivity contribution in [2.45, 2.75) is 13.0 Å². The van der Waals surface area contributed by atoms with Crippen LogP contribution in [0.15, 0.2) is 67.0 Å². The number of carbonyl (C=O) groups is 2. The summed E-state index contributed by atoms with van der Waals surface area (Å²) in [6, 6.07) is 18.4. The number of esters is 1. The van der Waals surface area contributed by atoms with Crippen LogP contribution in [0, 0.1) is 0 Å². The van der Waals surface area contributed by atoms with Gasteiger partial charge in [0, 0.05) is 18.0 Å². The first-order chi connectivity index (χ1) is 16.3. The van der Waals surface area contributed by atoms with Crippen molar-refractivity contribution in [1.29, 1.82) is 0 Å². The number of imidazole rings is 1. The maximum Gasteiger partial charge on any atom is 0.338 e. The van der Waals surface area contributed by atoms with Crippen LogP contribution in [0.5, 0.6) is 0 Å². The molecule has 0 aliphatic heterocycles. The van der Waals surface area contributed by atoms with Gasteiger partial charge in [0.2, 0.25) is 15.8 Å². The molecule has 0 spiro atoms. The number of hydrogen-bond donors (Lipinski definition) is 1. The van der Waals surface area contributed by atoms with E-state index in [2.05, 4.69) is 9.71 Å². The molecule has 0 bridgehead atoms. The second kappa shape index (κ2) is 10.3. The summed E-state index contributed by atoms with van der Waals surface area (Å²) in [7, 11) is -3.25. The first kappa shape index (κ1) is 23.8. The van der Waals surface area contributed by atoms with E-state index in [-0.39, 0.29) is 18.9 Å². The van der Waals surface area contributed by atoms with E-state index in [1.54, 1.807) is 30.6 Å². The van der Waals surface area contributed by atoms with Crippen LogP contribution in [0.25, 0.3) is 11.0 Å². The SMILES string of the molecule is CS(=O)(=O)NCCc1ccc(C(=O)COC(=O)c2ccc(Cn3cnc4ccccc43)cc2)s1. The van der Waals surface area contributed by atoms with E-state index in [9.17, 15) is 18.0 Å². The molecule has 0 unspecified atom stereocenters.